The van der Waals surface area contributed by atoms with E-state index in [0.29, 0.717) is 11.4 Å². The Kier molecular flexibility index (Phi) is 3.29. The van der Waals surface area contributed by atoms with E-state index in [2.05, 4.69) is 21.2 Å². The summed E-state index contributed by atoms with van der Waals surface area (Å²) in [5.74, 6) is 1.68. The smallest absolute Gasteiger partial charge is 0.251 e. The minimum Gasteiger partial charge on any atom is -0.493 e. The Morgan fingerprint density at radius 2 is 2.33 bits per heavy atom. The van der Waals surface area contributed by atoms with Crippen LogP contribution in [0.2, 0.25) is 0 Å². The summed E-state index contributed by atoms with van der Waals surface area (Å²) in [5, 5.41) is 2.98. The molecule has 0 saturated heterocycles. The van der Waals surface area contributed by atoms with Crippen LogP contribution in [0.4, 0.5) is 0 Å². The van der Waals surface area contributed by atoms with Gasteiger partial charge in [-0.05, 0) is 42.5 Å². The highest BCUT2D eigenvalue weighted by atomic mass is 79.9. The van der Waals surface area contributed by atoms with Crippen LogP contribution in [0.15, 0.2) is 18.2 Å². The number of carbonyl (C=O) groups is 1. The molecule has 3 rings (SSSR count). The van der Waals surface area contributed by atoms with Crippen molar-refractivity contribution in [2.24, 2.45) is 5.92 Å². The largest absolute Gasteiger partial charge is 0.493 e. The van der Waals surface area contributed by atoms with Gasteiger partial charge in [-0.2, -0.15) is 0 Å². The monoisotopic (exact) mass is 309 g/mol. The summed E-state index contributed by atoms with van der Waals surface area (Å²) in [5.41, 5.74) is 1.87. The average Bonchev–Trinajstić information content (AvgIpc) is 3.13. The SMILES string of the molecule is O=C(NCC(Br)C1CC1)c1ccc2c(c1)CCO2. The van der Waals surface area contributed by atoms with E-state index in [1.54, 1.807) is 0 Å². The molecule has 1 fully saturated rings. The normalized spacial score (nSPS) is 18.9. The van der Waals surface area contributed by atoms with Crippen molar-refractivity contribution < 1.29 is 9.53 Å². The first kappa shape index (κ1) is 12.0. The number of nitrogens with one attached hydrogen (secondary N) is 1. The van der Waals surface area contributed by atoms with Crippen LogP contribution < -0.4 is 10.1 Å². The summed E-state index contributed by atoms with van der Waals surface area (Å²) in [6, 6.07) is 5.67. The van der Waals surface area contributed by atoms with Crippen molar-refractivity contribution in [1.82, 2.24) is 5.32 Å². The predicted molar refractivity (Wildman–Crippen MR) is 73.4 cm³/mol. The van der Waals surface area contributed by atoms with Crippen LogP contribution in [0.5, 0.6) is 5.75 Å². The fourth-order valence-corrected chi connectivity index (χ4v) is 2.94. The molecule has 1 aliphatic carbocycles. The fourth-order valence-electron chi connectivity index (χ4n) is 2.24. The third-order valence-corrected chi connectivity index (χ3v) is 4.61. The van der Waals surface area contributed by atoms with E-state index in [1.165, 1.54) is 12.8 Å². The number of ether oxygens (including phenoxy) is 1. The van der Waals surface area contributed by atoms with Crippen LogP contribution >= 0.6 is 15.9 Å². The highest BCUT2D eigenvalue weighted by Crippen LogP contribution is 2.36. The summed E-state index contributed by atoms with van der Waals surface area (Å²) in [7, 11) is 0. The van der Waals surface area contributed by atoms with Gasteiger partial charge in [-0.15, -0.1) is 0 Å². The van der Waals surface area contributed by atoms with E-state index in [4.69, 9.17) is 4.74 Å². The lowest BCUT2D eigenvalue weighted by molar-refractivity contribution is 0.0953. The first-order valence-corrected chi connectivity index (χ1v) is 7.33. The molecule has 1 atom stereocenters. The number of halogens is 1. The maximum Gasteiger partial charge on any atom is 0.251 e. The minimum absolute atomic E-state index is 0.00907. The highest BCUT2D eigenvalue weighted by Gasteiger charge is 2.29. The number of amides is 1. The zero-order chi connectivity index (χ0) is 12.5. The lowest BCUT2D eigenvalue weighted by Gasteiger charge is -2.10. The molecular weight excluding hydrogens is 294 g/mol. The molecule has 1 heterocycles. The second kappa shape index (κ2) is 4.92. The van der Waals surface area contributed by atoms with E-state index >= 15 is 0 Å². The lowest BCUT2D eigenvalue weighted by Crippen LogP contribution is -2.30. The zero-order valence-electron chi connectivity index (χ0n) is 10.1. The highest BCUT2D eigenvalue weighted by molar-refractivity contribution is 9.09. The van der Waals surface area contributed by atoms with E-state index in [-0.39, 0.29) is 5.91 Å². The second-order valence-electron chi connectivity index (χ2n) is 4.98. The van der Waals surface area contributed by atoms with Gasteiger partial charge in [-0.25, -0.2) is 0 Å². The van der Waals surface area contributed by atoms with Crippen LogP contribution in [0.1, 0.15) is 28.8 Å². The maximum atomic E-state index is 12.0. The summed E-state index contributed by atoms with van der Waals surface area (Å²) < 4.78 is 5.43. The third-order valence-electron chi connectivity index (χ3n) is 3.54. The minimum atomic E-state index is 0.00907. The third kappa shape index (κ3) is 2.53. The topological polar surface area (TPSA) is 38.3 Å². The van der Waals surface area contributed by atoms with E-state index in [1.807, 2.05) is 18.2 Å². The molecule has 1 aromatic rings. The molecule has 1 N–H and O–H groups in total. The summed E-state index contributed by atoms with van der Waals surface area (Å²) in [6.07, 6.45) is 3.46. The van der Waals surface area contributed by atoms with Gasteiger partial charge in [0.1, 0.15) is 5.75 Å². The predicted octanol–water partition coefficient (Wildman–Crippen LogP) is 2.52. The summed E-state index contributed by atoms with van der Waals surface area (Å²) in [6.45, 7) is 1.43. The van der Waals surface area contributed by atoms with Gasteiger partial charge in [0.2, 0.25) is 0 Å². The Labute approximate surface area is 115 Å². The average molecular weight is 310 g/mol. The van der Waals surface area contributed by atoms with Gasteiger partial charge in [0.05, 0.1) is 6.61 Å². The van der Waals surface area contributed by atoms with Crippen molar-refractivity contribution in [2.75, 3.05) is 13.2 Å². The Balaban J connectivity index is 1.61. The van der Waals surface area contributed by atoms with Gasteiger partial charge in [-0.1, -0.05) is 15.9 Å². The molecule has 0 bridgehead atoms. The Bertz CT molecular complexity index is 471. The summed E-state index contributed by atoms with van der Waals surface area (Å²) >= 11 is 3.62. The molecule has 3 nitrogen and oxygen atoms in total. The molecule has 0 aromatic heterocycles. The molecular formula is C14H16BrNO2. The molecule has 1 saturated carbocycles. The van der Waals surface area contributed by atoms with E-state index in [9.17, 15) is 4.79 Å². The van der Waals surface area contributed by atoms with E-state index in [0.717, 1.165) is 35.8 Å². The molecule has 18 heavy (non-hydrogen) atoms. The molecule has 0 spiro atoms. The second-order valence-corrected chi connectivity index (χ2v) is 6.16. The fraction of sp³-hybridized carbons (Fsp3) is 0.500. The number of fused-ring (bicyclic) bond motifs is 1. The molecule has 1 aliphatic heterocycles. The van der Waals surface area contributed by atoms with Gasteiger partial charge in [0, 0.05) is 23.4 Å². The summed E-state index contributed by atoms with van der Waals surface area (Å²) in [4.78, 5) is 12.4. The van der Waals surface area contributed by atoms with Crippen molar-refractivity contribution in [3.8, 4) is 5.75 Å². The number of carbonyl (C=O) groups excluding carboxylic acids is 1. The zero-order valence-corrected chi connectivity index (χ0v) is 11.7. The number of benzene rings is 1. The van der Waals surface area contributed by atoms with E-state index < -0.39 is 0 Å². The van der Waals surface area contributed by atoms with Crippen LogP contribution in [0.3, 0.4) is 0 Å². The van der Waals surface area contributed by atoms with Crippen LogP contribution in [-0.2, 0) is 6.42 Å². The molecule has 96 valence electrons. The Hall–Kier alpha value is -1.03. The molecule has 1 aromatic carbocycles. The molecule has 2 aliphatic rings. The number of hydrogen-bond donors (Lipinski definition) is 1. The standard InChI is InChI=1S/C14H16BrNO2/c15-12(9-1-2-9)8-16-14(17)11-3-4-13-10(7-11)5-6-18-13/h3-4,7,9,12H,1-2,5-6,8H2,(H,16,17). The van der Waals surface area contributed by atoms with Crippen LogP contribution in [-0.4, -0.2) is 23.9 Å². The van der Waals surface area contributed by atoms with Crippen molar-refractivity contribution in [3.05, 3.63) is 29.3 Å². The molecule has 4 heteroatoms. The first-order chi connectivity index (χ1) is 8.74. The van der Waals surface area contributed by atoms with Gasteiger partial charge in [0.25, 0.3) is 5.91 Å². The molecule has 1 unspecified atom stereocenters. The Morgan fingerprint density at radius 3 is 3.11 bits per heavy atom. The quantitative estimate of drug-likeness (QED) is 0.868. The molecule has 0 radical (unpaired) electrons. The lowest BCUT2D eigenvalue weighted by atomic mass is 10.1. The van der Waals surface area contributed by atoms with Gasteiger partial charge >= 0.3 is 0 Å². The van der Waals surface area contributed by atoms with Gasteiger partial charge in [-0.3, -0.25) is 4.79 Å². The first-order valence-electron chi connectivity index (χ1n) is 6.42. The van der Waals surface area contributed by atoms with Crippen molar-refractivity contribution in [3.63, 3.8) is 0 Å². The van der Waals surface area contributed by atoms with Crippen molar-refractivity contribution >= 4 is 21.8 Å². The van der Waals surface area contributed by atoms with Crippen molar-refractivity contribution in [1.29, 1.82) is 0 Å². The van der Waals surface area contributed by atoms with Crippen LogP contribution in [0, 0.1) is 5.92 Å². The number of hydrogen-bond acceptors (Lipinski definition) is 2. The van der Waals surface area contributed by atoms with Gasteiger partial charge < -0.3 is 10.1 Å². The maximum absolute atomic E-state index is 12.0. The number of alkyl halides is 1. The Morgan fingerprint density at radius 1 is 1.50 bits per heavy atom. The van der Waals surface area contributed by atoms with Crippen LogP contribution in [0.25, 0.3) is 0 Å². The van der Waals surface area contributed by atoms with Crippen molar-refractivity contribution in [2.45, 2.75) is 24.1 Å². The molecule has 1 amide bonds. The van der Waals surface area contributed by atoms with Gasteiger partial charge in [0.15, 0.2) is 0 Å². The number of rotatable bonds is 4.